The SMILES string of the molecule is COc1cccc(OCCNC(=O)[C@H](C)NS(=O)(=O)c2ccc(NC(C)=O)cc2)c1. The summed E-state index contributed by atoms with van der Waals surface area (Å²) in [7, 11) is -2.35. The quantitative estimate of drug-likeness (QED) is 0.486. The van der Waals surface area contributed by atoms with Gasteiger partial charge in [0.15, 0.2) is 0 Å². The Bertz CT molecular complexity index is 976. The number of anilines is 1. The van der Waals surface area contributed by atoms with Crippen LogP contribution in [0.3, 0.4) is 0 Å². The van der Waals surface area contributed by atoms with Crippen molar-refractivity contribution >= 4 is 27.5 Å². The molecule has 9 nitrogen and oxygen atoms in total. The lowest BCUT2D eigenvalue weighted by molar-refractivity contribution is -0.122. The van der Waals surface area contributed by atoms with Gasteiger partial charge in [0.2, 0.25) is 21.8 Å². The van der Waals surface area contributed by atoms with Crippen LogP contribution in [0.2, 0.25) is 0 Å². The normalized spacial score (nSPS) is 12.0. The summed E-state index contributed by atoms with van der Waals surface area (Å²) in [5, 5.41) is 5.17. The number of ether oxygens (including phenoxy) is 2. The highest BCUT2D eigenvalue weighted by atomic mass is 32.2. The summed E-state index contributed by atoms with van der Waals surface area (Å²) in [4.78, 5) is 23.2. The Balaban J connectivity index is 1.82. The van der Waals surface area contributed by atoms with Gasteiger partial charge in [0.05, 0.1) is 24.6 Å². The van der Waals surface area contributed by atoms with E-state index in [9.17, 15) is 18.0 Å². The fourth-order valence-electron chi connectivity index (χ4n) is 2.46. The average molecular weight is 436 g/mol. The number of carbonyl (C=O) groups is 2. The van der Waals surface area contributed by atoms with Crippen molar-refractivity contribution in [1.29, 1.82) is 0 Å². The first-order valence-corrected chi connectivity index (χ1v) is 10.6. The Morgan fingerprint density at radius 1 is 1.07 bits per heavy atom. The maximum Gasteiger partial charge on any atom is 0.241 e. The number of nitrogens with one attached hydrogen (secondary N) is 3. The summed E-state index contributed by atoms with van der Waals surface area (Å²) in [6, 6.07) is 11.7. The smallest absolute Gasteiger partial charge is 0.241 e. The zero-order valence-electron chi connectivity index (χ0n) is 17.0. The maximum atomic E-state index is 12.4. The lowest BCUT2D eigenvalue weighted by Gasteiger charge is -2.15. The monoisotopic (exact) mass is 435 g/mol. The van der Waals surface area contributed by atoms with E-state index in [-0.39, 0.29) is 24.0 Å². The van der Waals surface area contributed by atoms with Crippen LogP contribution < -0.4 is 24.8 Å². The van der Waals surface area contributed by atoms with Crippen molar-refractivity contribution in [2.24, 2.45) is 0 Å². The Morgan fingerprint density at radius 3 is 2.37 bits per heavy atom. The highest BCUT2D eigenvalue weighted by molar-refractivity contribution is 7.89. The molecule has 10 heteroatoms. The molecule has 0 radical (unpaired) electrons. The number of rotatable bonds is 10. The minimum absolute atomic E-state index is 0.0161. The number of amides is 2. The number of carbonyl (C=O) groups excluding carboxylic acids is 2. The molecule has 0 heterocycles. The van der Waals surface area contributed by atoms with Crippen molar-refractivity contribution in [2.75, 3.05) is 25.6 Å². The van der Waals surface area contributed by atoms with Gasteiger partial charge in [-0.3, -0.25) is 9.59 Å². The zero-order chi connectivity index (χ0) is 22.1. The molecule has 0 bridgehead atoms. The van der Waals surface area contributed by atoms with Crippen molar-refractivity contribution in [3.05, 3.63) is 48.5 Å². The molecule has 162 valence electrons. The van der Waals surface area contributed by atoms with Crippen LogP contribution in [0.5, 0.6) is 11.5 Å². The fourth-order valence-corrected chi connectivity index (χ4v) is 3.67. The Morgan fingerprint density at radius 2 is 1.73 bits per heavy atom. The molecule has 0 unspecified atom stereocenters. The predicted octanol–water partition coefficient (Wildman–Crippen LogP) is 1.52. The summed E-state index contributed by atoms with van der Waals surface area (Å²) in [6.07, 6.45) is 0. The number of benzene rings is 2. The molecule has 0 aromatic heterocycles. The molecule has 2 rings (SSSR count). The van der Waals surface area contributed by atoms with Gasteiger partial charge >= 0.3 is 0 Å². The highest BCUT2D eigenvalue weighted by Gasteiger charge is 2.21. The minimum atomic E-state index is -3.90. The minimum Gasteiger partial charge on any atom is -0.497 e. The number of hydrogen-bond acceptors (Lipinski definition) is 6. The highest BCUT2D eigenvalue weighted by Crippen LogP contribution is 2.18. The van der Waals surface area contributed by atoms with E-state index in [1.807, 2.05) is 0 Å². The molecule has 0 fully saturated rings. The first kappa shape index (κ1) is 23.2. The van der Waals surface area contributed by atoms with E-state index in [2.05, 4.69) is 15.4 Å². The van der Waals surface area contributed by atoms with Crippen molar-refractivity contribution in [2.45, 2.75) is 24.8 Å². The van der Waals surface area contributed by atoms with Crippen LogP contribution in [0.25, 0.3) is 0 Å². The van der Waals surface area contributed by atoms with Gasteiger partial charge in [-0.2, -0.15) is 4.72 Å². The molecular formula is C20H25N3O6S. The molecule has 3 N–H and O–H groups in total. The van der Waals surface area contributed by atoms with Gasteiger partial charge in [0.1, 0.15) is 18.1 Å². The van der Waals surface area contributed by atoms with E-state index in [0.29, 0.717) is 17.2 Å². The molecule has 1 atom stereocenters. The molecule has 2 aromatic carbocycles. The summed E-state index contributed by atoms with van der Waals surface area (Å²) in [6.45, 7) is 3.21. The Labute approximate surface area is 175 Å². The second kappa shape index (κ2) is 10.6. The summed E-state index contributed by atoms with van der Waals surface area (Å²) in [5.41, 5.74) is 0.475. The van der Waals surface area contributed by atoms with Gasteiger partial charge in [0.25, 0.3) is 0 Å². The second-order valence-corrected chi connectivity index (χ2v) is 8.08. The van der Waals surface area contributed by atoms with Crippen LogP contribution >= 0.6 is 0 Å². The van der Waals surface area contributed by atoms with Gasteiger partial charge in [-0.15, -0.1) is 0 Å². The number of hydrogen-bond donors (Lipinski definition) is 3. The summed E-state index contributed by atoms with van der Waals surface area (Å²) in [5.74, 6) is 0.511. The van der Waals surface area contributed by atoms with Crippen LogP contribution in [0.4, 0.5) is 5.69 Å². The first-order chi connectivity index (χ1) is 14.2. The third-order valence-electron chi connectivity index (χ3n) is 3.92. The molecule has 0 spiro atoms. The van der Waals surface area contributed by atoms with Crippen LogP contribution in [-0.4, -0.2) is 46.5 Å². The molecular weight excluding hydrogens is 410 g/mol. The van der Waals surface area contributed by atoms with Crippen LogP contribution in [-0.2, 0) is 19.6 Å². The van der Waals surface area contributed by atoms with Gasteiger partial charge < -0.3 is 20.1 Å². The molecule has 0 saturated heterocycles. The van der Waals surface area contributed by atoms with E-state index in [1.54, 1.807) is 31.4 Å². The number of sulfonamides is 1. The number of methoxy groups -OCH3 is 1. The van der Waals surface area contributed by atoms with E-state index < -0.39 is 22.0 Å². The lowest BCUT2D eigenvalue weighted by atomic mass is 10.3. The fraction of sp³-hybridized carbons (Fsp3) is 0.300. The van der Waals surface area contributed by atoms with Crippen LogP contribution in [0.1, 0.15) is 13.8 Å². The maximum absolute atomic E-state index is 12.4. The summed E-state index contributed by atoms with van der Waals surface area (Å²) >= 11 is 0. The van der Waals surface area contributed by atoms with E-state index in [1.165, 1.54) is 38.1 Å². The zero-order valence-corrected chi connectivity index (χ0v) is 17.8. The summed E-state index contributed by atoms with van der Waals surface area (Å²) < 4.78 is 37.8. The topological polar surface area (TPSA) is 123 Å². The van der Waals surface area contributed by atoms with Crippen LogP contribution in [0.15, 0.2) is 53.4 Å². The van der Waals surface area contributed by atoms with Gasteiger partial charge in [0, 0.05) is 18.7 Å². The standard InChI is InChI=1S/C20H25N3O6S/c1-14(20(25)21-11-12-29-18-6-4-5-17(13-18)28-3)23-30(26,27)19-9-7-16(8-10-19)22-15(2)24/h4-10,13-14,23H,11-12H2,1-3H3,(H,21,25)(H,22,24)/t14-/m0/s1. The van der Waals surface area contributed by atoms with E-state index in [0.717, 1.165) is 0 Å². The van der Waals surface area contributed by atoms with E-state index >= 15 is 0 Å². The Kier molecular flexibility index (Phi) is 8.19. The third-order valence-corrected chi connectivity index (χ3v) is 5.48. The van der Waals surface area contributed by atoms with Gasteiger partial charge in [-0.05, 0) is 43.3 Å². The van der Waals surface area contributed by atoms with Gasteiger partial charge in [-0.1, -0.05) is 6.07 Å². The van der Waals surface area contributed by atoms with Gasteiger partial charge in [-0.25, -0.2) is 8.42 Å². The molecule has 0 aliphatic carbocycles. The van der Waals surface area contributed by atoms with Crippen molar-refractivity contribution in [1.82, 2.24) is 10.0 Å². The molecule has 30 heavy (non-hydrogen) atoms. The third kappa shape index (κ3) is 7.05. The largest absolute Gasteiger partial charge is 0.497 e. The first-order valence-electron chi connectivity index (χ1n) is 9.16. The molecule has 2 aromatic rings. The molecule has 0 aliphatic heterocycles. The predicted molar refractivity (Wildman–Crippen MR) is 112 cm³/mol. The molecule has 0 aliphatic rings. The van der Waals surface area contributed by atoms with Crippen molar-refractivity contribution in [3.63, 3.8) is 0 Å². The van der Waals surface area contributed by atoms with Crippen molar-refractivity contribution in [3.8, 4) is 11.5 Å². The van der Waals surface area contributed by atoms with Crippen LogP contribution in [0, 0.1) is 0 Å². The van der Waals surface area contributed by atoms with E-state index in [4.69, 9.17) is 9.47 Å². The molecule has 0 saturated carbocycles. The molecule has 2 amide bonds. The van der Waals surface area contributed by atoms with Crippen molar-refractivity contribution < 1.29 is 27.5 Å². The Hall–Kier alpha value is -3.11. The second-order valence-electron chi connectivity index (χ2n) is 6.37. The lowest BCUT2D eigenvalue weighted by Crippen LogP contribution is -2.45. The average Bonchev–Trinajstić information content (AvgIpc) is 2.70.